The van der Waals surface area contributed by atoms with Crippen molar-refractivity contribution in [3.05, 3.63) is 0 Å². The van der Waals surface area contributed by atoms with E-state index in [9.17, 15) is 0 Å². The minimum absolute atomic E-state index is 0.0240. The second-order valence-corrected chi connectivity index (χ2v) is 3.93. The summed E-state index contributed by atoms with van der Waals surface area (Å²) in [6.07, 6.45) is 0.603. The molecule has 0 radical (unpaired) electrons. The molecule has 0 aromatic carbocycles. The van der Waals surface area contributed by atoms with Crippen LogP contribution in [-0.4, -0.2) is 44.0 Å². The van der Waals surface area contributed by atoms with Crippen LogP contribution >= 0.6 is 0 Å². The van der Waals surface area contributed by atoms with Gasteiger partial charge in [-0.05, 0) is 12.3 Å². The number of aliphatic hydroxyl groups is 1. The van der Waals surface area contributed by atoms with E-state index < -0.39 is 0 Å². The monoisotopic (exact) mass is 217 g/mol. The summed E-state index contributed by atoms with van der Waals surface area (Å²) in [5.74, 6) is 0.906. The Morgan fingerprint density at radius 3 is 2.67 bits per heavy atom. The van der Waals surface area contributed by atoms with Gasteiger partial charge in [0.2, 0.25) is 0 Å². The molecule has 0 aromatic heterocycles. The van der Waals surface area contributed by atoms with E-state index in [2.05, 4.69) is 24.2 Å². The molecule has 0 aromatic rings. The SMILES string of the molecule is COCC(CCO)NC(N)=NCC(C)C. The molecule has 5 heteroatoms. The quantitative estimate of drug-likeness (QED) is 0.412. The van der Waals surface area contributed by atoms with Crippen molar-refractivity contribution in [1.82, 2.24) is 5.32 Å². The molecule has 0 aliphatic carbocycles. The predicted molar refractivity (Wildman–Crippen MR) is 61.8 cm³/mol. The topological polar surface area (TPSA) is 79.9 Å². The van der Waals surface area contributed by atoms with Gasteiger partial charge in [0.15, 0.2) is 5.96 Å². The Balaban J connectivity index is 3.96. The van der Waals surface area contributed by atoms with Crippen molar-refractivity contribution in [2.24, 2.45) is 16.6 Å². The molecule has 0 rings (SSSR count). The van der Waals surface area contributed by atoms with Crippen LogP contribution in [0.3, 0.4) is 0 Å². The molecule has 0 spiro atoms. The van der Waals surface area contributed by atoms with Gasteiger partial charge in [-0.15, -0.1) is 0 Å². The Morgan fingerprint density at radius 1 is 1.53 bits per heavy atom. The maximum Gasteiger partial charge on any atom is 0.188 e. The molecule has 0 heterocycles. The second-order valence-electron chi connectivity index (χ2n) is 3.93. The van der Waals surface area contributed by atoms with Gasteiger partial charge in [0.1, 0.15) is 0 Å². The van der Waals surface area contributed by atoms with Gasteiger partial charge in [-0.1, -0.05) is 13.8 Å². The van der Waals surface area contributed by atoms with E-state index in [-0.39, 0.29) is 12.6 Å². The zero-order valence-corrected chi connectivity index (χ0v) is 9.86. The lowest BCUT2D eigenvalue weighted by Gasteiger charge is -2.17. The van der Waals surface area contributed by atoms with Crippen molar-refractivity contribution in [1.29, 1.82) is 0 Å². The molecule has 1 unspecified atom stereocenters. The third-order valence-electron chi connectivity index (χ3n) is 1.82. The van der Waals surface area contributed by atoms with E-state index in [1.165, 1.54) is 0 Å². The van der Waals surface area contributed by atoms with Crippen LogP contribution in [0.1, 0.15) is 20.3 Å². The summed E-state index contributed by atoms with van der Waals surface area (Å²) in [6.45, 7) is 5.49. The van der Waals surface area contributed by atoms with E-state index in [0.29, 0.717) is 31.4 Å². The average Bonchev–Trinajstić information content (AvgIpc) is 2.15. The zero-order chi connectivity index (χ0) is 11.7. The molecule has 0 aliphatic rings. The number of hydrogen-bond donors (Lipinski definition) is 3. The molecule has 1 atom stereocenters. The van der Waals surface area contributed by atoms with Crippen LogP contribution in [0.15, 0.2) is 4.99 Å². The highest BCUT2D eigenvalue weighted by atomic mass is 16.5. The fraction of sp³-hybridized carbons (Fsp3) is 0.900. The van der Waals surface area contributed by atoms with Crippen LogP contribution in [0.4, 0.5) is 0 Å². The molecule has 4 N–H and O–H groups in total. The van der Waals surface area contributed by atoms with E-state index in [0.717, 1.165) is 0 Å². The van der Waals surface area contributed by atoms with Gasteiger partial charge in [-0.3, -0.25) is 4.99 Å². The van der Waals surface area contributed by atoms with Crippen LogP contribution in [0.5, 0.6) is 0 Å². The van der Waals surface area contributed by atoms with Crippen molar-refractivity contribution in [2.45, 2.75) is 26.3 Å². The fourth-order valence-electron chi connectivity index (χ4n) is 1.09. The van der Waals surface area contributed by atoms with Crippen LogP contribution in [0.2, 0.25) is 0 Å². The first-order chi connectivity index (χ1) is 7.10. The Morgan fingerprint density at radius 2 is 2.20 bits per heavy atom. The summed E-state index contributed by atoms with van der Waals surface area (Å²) < 4.78 is 5.00. The van der Waals surface area contributed by atoms with Crippen LogP contribution in [-0.2, 0) is 4.74 Å². The average molecular weight is 217 g/mol. The standard InChI is InChI=1S/C10H23N3O2/c1-8(2)6-12-10(11)13-9(4-5-14)7-15-3/h8-9,14H,4-7H2,1-3H3,(H3,11,12,13). The van der Waals surface area contributed by atoms with E-state index in [1.807, 2.05) is 0 Å². The first-order valence-electron chi connectivity index (χ1n) is 5.26. The molecule has 0 bridgehead atoms. The molecule has 0 saturated heterocycles. The van der Waals surface area contributed by atoms with E-state index >= 15 is 0 Å². The number of rotatable bonds is 7. The smallest absolute Gasteiger partial charge is 0.188 e. The molecular formula is C10H23N3O2. The van der Waals surface area contributed by atoms with Gasteiger partial charge in [0.25, 0.3) is 0 Å². The molecule has 0 amide bonds. The summed E-state index contributed by atoms with van der Waals surface area (Å²) in [5, 5.41) is 11.8. The number of ether oxygens (including phenoxy) is 1. The van der Waals surface area contributed by atoms with E-state index in [4.69, 9.17) is 15.6 Å². The van der Waals surface area contributed by atoms with Crippen molar-refractivity contribution in [2.75, 3.05) is 26.9 Å². The summed E-state index contributed by atoms with van der Waals surface area (Å²) >= 11 is 0. The number of aliphatic hydroxyl groups excluding tert-OH is 1. The summed E-state index contributed by atoms with van der Waals surface area (Å²) in [6, 6.07) is 0.0240. The number of methoxy groups -OCH3 is 1. The number of nitrogens with two attached hydrogens (primary N) is 1. The van der Waals surface area contributed by atoms with Crippen LogP contribution in [0, 0.1) is 5.92 Å². The Bertz CT molecular complexity index is 178. The van der Waals surface area contributed by atoms with Crippen molar-refractivity contribution >= 4 is 5.96 Å². The highest BCUT2D eigenvalue weighted by molar-refractivity contribution is 5.78. The summed E-state index contributed by atoms with van der Waals surface area (Å²) in [5.41, 5.74) is 5.69. The number of nitrogens with one attached hydrogen (secondary N) is 1. The molecule has 15 heavy (non-hydrogen) atoms. The molecule has 0 saturated carbocycles. The molecule has 0 fully saturated rings. The lowest BCUT2D eigenvalue weighted by atomic mass is 10.2. The van der Waals surface area contributed by atoms with E-state index in [1.54, 1.807) is 7.11 Å². The fourth-order valence-corrected chi connectivity index (χ4v) is 1.09. The first kappa shape index (κ1) is 14.2. The molecule has 0 aliphatic heterocycles. The Hall–Kier alpha value is -0.810. The molecule has 90 valence electrons. The largest absolute Gasteiger partial charge is 0.396 e. The lowest BCUT2D eigenvalue weighted by molar-refractivity contribution is 0.156. The zero-order valence-electron chi connectivity index (χ0n) is 9.86. The first-order valence-corrected chi connectivity index (χ1v) is 5.26. The van der Waals surface area contributed by atoms with Gasteiger partial charge in [-0.2, -0.15) is 0 Å². The lowest BCUT2D eigenvalue weighted by Crippen LogP contribution is -2.43. The normalized spacial score (nSPS) is 14.3. The Labute approximate surface area is 91.7 Å². The predicted octanol–water partition coefficient (Wildman–Crippen LogP) is -0.0559. The highest BCUT2D eigenvalue weighted by Gasteiger charge is 2.07. The summed E-state index contributed by atoms with van der Waals surface area (Å²) in [4.78, 5) is 4.17. The van der Waals surface area contributed by atoms with Gasteiger partial charge in [0.05, 0.1) is 12.6 Å². The number of guanidine groups is 1. The number of aliphatic imine (C=N–C) groups is 1. The van der Waals surface area contributed by atoms with Gasteiger partial charge in [-0.25, -0.2) is 0 Å². The number of nitrogens with zero attached hydrogens (tertiary/aromatic N) is 1. The highest BCUT2D eigenvalue weighted by Crippen LogP contribution is 1.93. The maximum absolute atomic E-state index is 8.82. The van der Waals surface area contributed by atoms with Crippen molar-refractivity contribution < 1.29 is 9.84 Å². The minimum atomic E-state index is 0.0240. The van der Waals surface area contributed by atoms with Crippen LogP contribution < -0.4 is 11.1 Å². The minimum Gasteiger partial charge on any atom is -0.396 e. The maximum atomic E-state index is 8.82. The molecule has 5 nitrogen and oxygen atoms in total. The van der Waals surface area contributed by atoms with Gasteiger partial charge in [0, 0.05) is 20.3 Å². The van der Waals surface area contributed by atoms with Gasteiger partial charge < -0.3 is 20.9 Å². The molecular weight excluding hydrogens is 194 g/mol. The third-order valence-corrected chi connectivity index (χ3v) is 1.82. The summed E-state index contributed by atoms with van der Waals surface area (Å²) in [7, 11) is 1.62. The second kappa shape index (κ2) is 8.49. The van der Waals surface area contributed by atoms with Gasteiger partial charge >= 0.3 is 0 Å². The number of hydrogen-bond acceptors (Lipinski definition) is 3. The van der Waals surface area contributed by atoms with Crippen molar-refractivity contribution in [3.8, 4) is 0 Å². The van der Waals surface area contributed by atoms with Crippen LogP contribution in [0.25, 0.3) is 0 Å². The van der Waals surface area contributed by atoms with Crippen molar-refractivity contribution in [3.63, 3.8) is 0 Å². The third kappa shape index (κ3) is 8.20. The Kier molecular flexibility index (Phi) is 8.04.